The van der Waals surface area contributed by atoms with Gasteiger partial charge in [0.15, 0.2) is 6.10 Å². The highest BCUT2D eigenvalue weighted by Gasteiger charge is 2.37. The van der Waals surface area contributed by atoms with Gasteiger partial charge in [-0.05, 0) is 48.3 Å². The van der Waals surface area contributed by atoms with E-state index < -0.39 is 18.1 Å². The first-order valence-corrected chi connectivity index (χ1v) is 11.2. The summed E-state index contributed by atoms with van der Waals surface area (Å²) in [6, 6.07) is 16.9. The molecule has 1 aliphatic rings. The summed E-state index contributed by atoms with van der Waals surface area (Å²) < 4.78 is 5.85. The molecule has 2 aromatic rings. The second-order valence-corrected chi connectivity index (χ2v) is 8.97. The molecule has 4 unspecified atom stereocenters. The minimum absolute atomic E-state index is 0.216. The maximum absolute atomic E-state index is 13.0. The summed E-state index contributed by atoms with van der Waals surface area (Å²) in [4.78, 5) is 25.8. The van der Waals surface area contributed by atoms with Crippen molar-refractivity contribution in [1.82, 2.24) is 5.32 Å². The van der Waals surface area contributed by atoms with E-state index in [9.17, 15) is 14.7 Å². The number of esters is 1. The highest BCUT2D eigenvalue weighted by atomic mass is 16.6. The van der Waals surface area contributed by atoms with Gasteiger partial charge in [0, 0.05) is 5.56 Å². The summed E-state index contributed by atoms with van der Waals surface area (Å²) in [5.74, 6) is 0.110. The zero-order chi connectivity index (χ0) is 22.4. The predicted octanol–water partition coefficient (Wildman–Crippen LogP) is 4.52. The number of ether oxygens (including phenoxy) is 1. The van der Waals surface area contributed by atoms with E-state index in [0.717, 1.165) is 19.3 Å². The van der Waals surface area contributed by atoms with Crippen LogP contribution in [0.25, 0.3) is 0 Å². The van der Waals surface area contributed by atoms with Gasteiger partial charge in [-0.25, -0.2) is 4.79 Å². The Kier molecular flexibility index (Phi) is 7.85. The molecule has 1 amide bonds. The van der Waals surface area contributed by atoms with E-state index >= 15 is 0 Å². The van der Waals surface area contributed by atoms with E-state index in [4.69, 9.17) is 4.74 Å². The fourth-order valence-corrected chi connectivity index (χ4v) is 4.42. The maximum Gasteiger partial charge on any atom is 0.337 e. The molecule has 0 bridgehead atoms. The van der Waals surface area contributed by atoms with Crippen LogP contribution >= 0.6 is 0 Å². The van der Waals surface area contributed by atoms with Gasteiger partial charge in [0.05, 0.1) is 6.04 Å². The molecule has 31 heavy (non-hydrogen) atoms. The molecular formula is C26H33NO4. The third-order valence-corrected chi connectivity index (χ3v) is 6.27. The molecule has 0 saturated heterocycles. The molecule has 0 aliphatic heterocycles. The number of amides is 1. The first kappa shape index (κ1) is 23.0. The van der Waals surface area contributed by atoms with Gasteiger partial charge >= 0.3 is 5.97 Å². The lowest BCUT2D eigenvalue weighted by Gasteiger charge is -2.37. The molecule has 5 nitrogen and oxygen atoms in total. The van der Waals surface area contributed by atoms with Gasteiger partial charge in [0.25, 0.3) is 5.91 Å². The molecule has 0 radical (unpaired) electrons. The third kappa shape index (κ3) is 5.95. The third-order valence-electron chi connectivity index (χ3n) is 6.27. The van der Waals surface area contributed by atoms with Gasteiger partial charge in [-0.3, -0.25) is 4.79 Å². The van der Waals surface area contributed by atoms with Crippen molar-refractivity contribution in [2.75, 3.05) is 0 Å². The molecule has 3 rings (SSSR count). The summed E-state index contributed by atoms with van der Waals surface area (Å²) in [5.41, 5.74) is 1.11. The van der Waals surface area contributed by atoms with Crippen molar-refractivity contribution in [1.29, 1.82) is 0 Å². The minimum Gasteiger partial charge on any atom is -0.460 e. The Morgan fingerprint density at radius 3 is 2.23 bits per heavy atom. The van der Waals surface area contributed by atoms with E-state index in [2.05, 4.69) is 26.1 Å². The topological polar surface area (TPSA) is 75.6 Å². The summed E-state index contributed by atoms with van der Waals surface area (Å²) in [7, 11) is 0. The molecule has 1 aliphatic carbocycles. The van der Waals surface area contributed by atoms with Crippen LogP contribution in [0.2, 0.25) is 0 Å². The van der Waals surface area contributed by atoms with Crippen molar-refractivity contribution in [3.05, 3.63) is 71.8 Å². The fraction of sp³-hybridized carbons (Fsp3) is 0.462. The number of hydrogen-bond acceptors (Lipinski definition) is 4. The van der Waals surface area contributed by atoms with Gasteiger partial charge in [-0.1, -0.05) is 75.7 Å². The van der Waals surface area contributed by atoms with E-state index in [0.29, 0.717) is 23.0 Å². The number of carbonyl (C=O) groups is 2. The molecule has 0 aromatic heterocycles. The van der Waals surface area contributed by atoms with E-state index in [1.54, 1.807) is 36.4 Å². The Labute approximate surface area is 184 Å². The van der Waals surface area contributed by atoms with Crippen LogP contribution < -0.4 is 5.32 Å². The average Bonchev–Trinajstić information content (AvgIpc) is 2.77. The predicted molar refractivity (Wildman–Crippen MR) is 120 cm³/mol. The van der Waals surface area contributed by atoms with Crippen LogP contribution in [-0.4, -0.2) is 29.2 Å². The highest BCUT2D eigenvalue weighted by molar-refractivity contribution is 5.94. The molecule has 5 heteroatoms. The smallest absolute Gasteiger partial charge is 0.337 e. The Morgan fingerprint density at radius 1 is 1.00 bits per heavy atom. The van der Waals surface area contributed by atoms with Crippen LogP contribution in [-0.2, 0) is 9.53 Å². The van der Waals surface area contributed by atoms with Crippen LogP contribution in [0.5, 0.6) is 0 Å². The molecular weight excluding hydrogens is 390 g/mol. The van der Waals surface area contributed by atoms with Crippen molar-refractivity contribution in [2.24, 2.45) is 17.8 Å². The first-order valence-electron chi connectivity index (χ1n) is 11.2. The highest BCUT2D eigenvalue weighted by Crippen LogP contribution is 2.36. The van der Waals surface area contributed by atoms with Crippen molar-refractivity contribution in [2.45, 2.75) is 58.3 Å². The zero-order valence-electron chi connectivity index (χ0n) is 18.5. The number of benzene rings is 2. The molecule has 1 fully saturated rings. The number of hydrogen-bond donors (Lipinski definition) is 2. The Hall–Kier alpha value is -2.66. The van der Waals surface area contributed by atoms with Gasteiger partial charge in [-0.2, -0.15) is 0 Å². The summed E-state index contributed by atoms with van der Waals surface area (Å²) in [6.45, 7) is 6.45. The largest absolute Gasteiger partial charge is 0.460 e. The van der Waals surface area contributed by atoms with E-state index in [1.807, 2.05) is 24.3 Å². The van der Waals surface area contributed by atoms with Crippen LogP contribution in [0.1, 0.15) is 62.0 Å². The second kappa shape index (κ2) is 10.6. The van der Waals surface area contributed by atoms with E-state index in [-0.39, 0.29) is 17.9 Å². The lowest BCUT2D eigenvalue weighted by Crippen LogP contribution is -2.44. The van der Waals surface area contributed by atoms with Crippen LogP contribution in [0.4, 0.5) is 0 Å². The standard InChI is InChI=1S/C26H33NO4/c1-17(2)21-15-14-18(3)16-22(21)31-26(30)24(28)23(19-10-6-4-7-11-19)27-25(29)20-12-8-5-9-13-20/h4-13,17-18,21-24,28H,14-16H2,1-3H3,(H,27,29)/t18-,21?,22?,23?,24?/m1/s1. The van der Waals surface area contributed by atoms with Crippen molar-refractivity contribution >= 4 is 11.9 Å². The Balaban J connectivity index is 1.78. The Morgan fingerprint density at radius 2 is 1.61 bits per heavy atom. The van der Waals surface area contributed by atoms with Crippen molar-refractivity contribution in [3.8, 4) is 0 Å². The van der Waals surface area contributed by atoms with Crippen LogP contribution in [0, 0.1) is 17.8 Å². The summed E-state index contributed by atoms with van der Waals surface area (Å²) in [5, 5.41) is 13.8. The quantitative estimate of drug-likeness (QED) is 0.642. The summed E-state index contributed by atoms with van der Waals surface area (Å²) >= 11 is 0. The average molecular weight is 424 g/mol. The normalized spacial score (nSPS) is 23.1. The zero-order valence-corrected chi connectivity index (χ0v) is 18.5. The number of aliphatic hydroxyl groups excluding tert-OH is 1. The van der Waals surface area contributed by atoms with Crippen molar-refractivity contribution < 1.29 is 19.4 Å². The number of nitrogens with one attached hydrogen (secondary N) is 1. The van der Waals surface area contributed by atoms with Crippen LogP contribution in [0.15, 0.2) is 60.7 Å². The molecule has 2 N–H and O–H groups in total. The van der Waals surface area contributed by atoms with Gasteiger partial charge in [0.2, 0.25) is 0 Å². The molecule has 166 valence electrons. The molecule has 5 atom stereocenters. The Bertz CT molecular complexity index is 852. The maximum atomic E-state index is 13.0. The molecule has 0 spiro atoms. The molecule has 2 aromatic carbocycles. The van der Waals surface area contributed by atoms with E-state index in [1.165, 1.54) is 0 Å². The van der Waals surface area contributed by atoms with Crippen molar-refractivity contribution in [3.63, 3.8) is 0 Å². The second-order valence-electron chi connectivity index (χ2n) is 8.97. The monoisotopic (exact) mass is 423 g/mol. The number of rotatable bonds is 7. The molecule has 0 heterocycles. The SMILES string of the molecule is CC(C)C1CC[C@@H](C)CC1OC(=O)C(O)C(NC(=O)c1ccccc1)c1ccccc1. The first-order chi connectivity index (χ1) is 14.9. The lowest BCUT2D eigenvalue weighted by molar-refractivity contribution is -0.167. The molecule has 1 saturated carbocycles. The van der Waals surface area contributed by atoms with Gasteiger partial charge < -0.3 is 15.2 Å². The minimum atomic E-state index is -1.50. The lowest BCUT2D eigenvalue weighted by atomic mass is 9.75. The van der Waals surface area contributed by atoms with Gasteiger partial charge in [0.1, 0.15) is 6.10 Å². The summed E-state index contributed by atoms with van der Waals surface area (Å²) in [6.07, 6.45) is 1.22. The number of aliphatic hydroxyl groups is 1. The van der Waals surface area contributed by atoms with Gasteiger partial charge in [-0.15, -0.1) is 0 Å². The van der Waals surface area contributed by atoms with Crippen LogP contribution in [0.3, 0.4) is 0 Å². The number of carbonyl (C=O) groups excluding carboxylic acids is 2. The fourth-order valence-electron chi connectivity index (χ4n) is 4.42.